The lowest BCUT2D eigenvalue weighted by atomic mass is 10.1. The lowest BCUT2D eigenvalue weighted by Gasteiger charge is -2.19. The number of rotatable bonds is 5. The van der Waals surface area contributed by atoms with Gasteiger partial charge in [0.05, 0.1) is 0 Å². The first kappa shape index (κ1) is 14.9. The first-order chi connectivity index (χ1) is 9.42. The highest BCUT2D eigenvalue weighted by molar-refractivity contribution is 7.11. The standard InChI is InChI=1S/C15H21N3OS/c1-15(2,3)16-8-7-13-17-18-14(20-13)10-11-5-4-6-12(19)9-11/h4-6,9,16,19H,7-8,10H2,1-3H3. The molecule has 0 aliphatic carbocycles. The molecule has 0 atom stereocenters. The van der Waals surface area contributed by atoms with Gasteiger partial charge in [-0.2, -0.15) is 0 Å². The number of aromatic nitrogens is 2. The maximum absolute atomic E-state index is 9.45. The van der Waals surface area contributed by atoms with Crippen molar-refractivity contribution in [3.63, 3.8) is 0 Å². The molecule has 1 aromatic heterocycles. The number of phenolic OH excluding ortho intramolecular Hbond substituents is 1. The van der Waals surface area contributed by atoms with Crippen LogP contribution >= 0.6 is 11.3 Å². The van der Waals surface area contributed by atoms with Gasteiger partial charge in [-0.1, -0.05) is 12.1 Å². The van der Waals surface area contributed by atoms with E-state index in [1.54, 1.807) is 23.5 Å². The predicted molar refractivity (Wildman–Crippen MR) is 82.3 cm³/mol. The maximum Gasteiger partial charge on any atom is 0.121 e. The third-order valence-corrected chi connectivity index (χ3v) is 3.75. The molecule has 1 aromatic carbocycles. The van der Waals surface area contributed by atoms with Gasteiger partial charge in [-0.25, -0.2) is 0 Å². The SMILES string of the molecule is CC(C)(C)NCCc1nnc(Cc2cccc(O)c2)s1. The van der Waals surface area contributed by atoms with Crippen LogP contribution in [0.2, 0.25) is 0 Å². The molecule has 0 bridgehead atoms. The highest BCUT2D eigenvalue weighted by Crippen LogP contribution is 2.18. The average molecular weight is 291 g/mol. The lowest BCUT2D eigenvalue weighted by molar-refractivity contribution is 0.429. The van der Waals surface area contributed by atoms with E-state index in [1.165, 1.54) is 0 Å². The van der Waals surface area contributed by atoms with E-state index in [4.69, 9.17) is 0 Å². The molecule has 0 aliphatic heterocycles. The molecule has 4 nitrogen and oxygen atoms in total. The molecule has 0 unspecified atom stereocenters. The number of hydrogen-bond acceptors (Lipinski definition) is 5. The van der Waals surface area contributed by atoms with Gasteiger partial charge in [0.2, 0.25) is 0 Å². The number of phenols is 1. The summed E-state index contributed by atoms with van der Waals surface area (Å²) >= 11 is 1.64. The van der Waals surface area contributed by atoms with Gasteiger partial charge in [0.15, 0.2) is 0 Å². The Kier molecular flexibility index (Phi) is 4.73. The quantitative estimate of drug-likeness (QED) is 0.889. The summed E-state index contributed by atoms with van der Waals surface area (Å²) in [6, 6.07) is 7.28. The van der Waals surface area contributed by atoms with Crippen LogP contribution in [0.15, 0.2) is 24.3 Å². The van der Waals surface area contributed by atoms with Crippen molar-refractivity contribution in [1.29, 1.82) is 0 Å². The fraction of sp³-hybridized carbons (Fsp3) is 0.467. The molecule has 0 radical (unpaired) electrons. The minimum atomic E-state index is 0.134. The number of benzene rings is 1. The van der Waals surface area contributed by atoms with Crippen molar-refractivity contribution in [3.8, 4) is 5.75 Å². The molecule has 0 aliphatic rings. The first-order valence-electron chi connectivity index (χ1n) is 6.76. The minimum Gasteiger partial charge on any atom is -0.508 e. The first-order valence-corrected chi connectivity index (χ1v) is 7.58. The molecular formula is C15H21N3OS. The van der Waals surface area contributed by atoms with Gasteiger partial charge < -0.3 is 10.4 Å². The normalized spacial score (nSPS) is 11.8. The van der Waals surface area contributed by atoms with Gasteiger partial charge in [0.1, 0.15) is 15.8 Å². The molecule has 0 amide bonds. The molecule has 0 saturated carbocycles. The summed E-state index contributed by atoms with van der Waals surface area (Å²) in [5, 5.41) is 23.4. The van der Waals surface area contributed by atoms with Crippen molar-refractivity contribution in [2.75, 3.05) is 6.54 Å². The second-order valence-electron chi connectivity index (χ2n) is 5.86. The van der Waals surface area contributed by atoms with Crippen LogP contribution in [0.4, 0.5) is 0 Å². The molecule has 2 rings (SSSR count). The Morgan fingerprint density at radius 2 is 1.95 bits per heavy atom. The molecule has 0 fully saturated rings. The number of aromatic hydroxyl groups is 1. The fourth-order valence-electron chi connectivity index (χ4n) is 1.85. The van der Waals surface area contributed by atoms with Gasteiger partial charge in [-0.15, -0.1) is 21.5 Å². The smallest absolute Gasteiger partial charge is 0.121 e. The Balaban J connectivity index is 1.89. The van der Waals surface area contributed by atoms with Crippen molar-refractivity contribution in [3.05, 3.63) is 39.8 Å². The van der Waals surface area contributed by atoms with E-state index >= 15 is 0 Å². The topological polar surface area (TPSA) is 58.0 Å². The van der Waals surface area contributed by atoms with Crippen LogP contribution < -0.4 is 5.32 Å². The zero-order valence-corrected chi connectivity index (χ0v) is 13.0. The van der Waals surface area contributed by atoms with Crippen molar-refractivity contribution in [2.24, 2.45) is 0 Å². The van der Waals surface area contributed by atoms with E-state index in [0.717, 1.165) is 35.0 Å². The van der Waals surface area contributed by atoms with Crippen LogP contribution in [0.1, 0.15) is 36.3 Å². The second-order valence-corrected chi connectivity index (χ2v) is 7.01. The van der Waals surface area contributed by atoms with Gasteiger partial charge in [-0.05, 0) is 38.5 Å². The third kappa shape index (κ3) is 4.90. The number of nitrogens with one attached hydrogen (secondary N) is 1. The largest absolute Gasteiger partial charge is 0.508 e. The minimum absolute atomic E-state index is 0.134. The summed E-state index contributed by atoms with van der Waals surface area (Å²) in [5.41, 5.74) is 1.19. The average Bonchev–Trinajstić information content (AvgIpc) is 2.75. The van der Waals surface area contributed by atoms with E-state index in [1.807, 2.05) is 12.1 Å². The Bertz CT molecular complexity index is 560. The van der Waals surface area contributed by atoms with Gasteiger partial charge in [-0.3, -0.25) is 0 Å². The molecule has 1 heterocycles. The molecule has 0 saturated heterocycles. The number of nitrogens with zero attached hydrogens (tertiary/aromatic N) is 2. The Hall–Kier alpha value is -1.46. The van der Waals surface area contributed by atoms with Crippen LogP contribution in [-0.2, 0) is 12.8 Å². The van der Waals surface area contributed by atoms with Crippen LogP contribution in [0.3, 0.4) is 0 Å². The lowest BCUT2D eigenvalue weighted by Crippen LogP contribution is -2.37. The predicted octanol–water partition coefficient (Wildman–Crippen LogP) is 2.77. The Labute approximate surface area is 123 Å². The highest BCUT2D eigenvalue weighted by atomic mass is 32.1. The van der Waals surface area contributed by atoms with Gasteiger partial charge in [0.25, 0.3) is 0 Å². The summed E-state index contributed by atoms with van der Waals surface area (Å²) in [6.45, 7) is 7.37. The molecule has 0 spiro atoms. The zero-order chi connectivity index (χ0) is 14.6. The summed E-state index contributed by atoms with van der Waals surface area (Å²) < 4.78 is 0. The van der Waals surface area contributed by atoms with E-state index in [2.05, 4.69) is 36.3 Å². The molecule has 108 valence electrons. The van der Waals surface area contributed by atoms with Crippen molar-refractivity contribution in [2.45, 2.75) is 39.2 Å². The van der Waals surface area contributed by atoms with E-state index in [9.17, 15) is 5.11 Å². The van der Waals surface area contributed by atoms with Crippen LogP contribution in [0, 0.1) is 0 Å². The zero-order valence-electron chi connectivity index (χ0n) is 12.2. The van der Waals surface area contributed by atoms with Crippen LogP contribution in [0.5, 0.6) is 5.75 Å². The Morgan fingerprint density at radius 3 is 2.65 bits per heavy atom. The van der Waals surface area contributed by atoms with Crippen molar-refractivity contribution < 1.29 is 5.11 Å². The molecule has 2 aromatic rings. The van der Waals surface area contributed by atoms with Gasteiger partial charge in [0, 0.05) is 24.9 Å². The summed E-state index contributed by atoms with van der Waals surface area (Å²) in [4.78, 5) is 0. The van der Waals surface area contributed by atoms with E-state index in [0.29, 0.717) is 5.75 Å². The third-order valence-electron chi connectivity index (χ3n) is 2.77. The van der Waals surface area contributed by atoms with Crippen molar-refractivity contribution in [1.82, 2.24) is 15.5 Å². The van der Waals surface area contributed by atoms with Gasteiger partial charge >= 0.3 is 0 Å². The van der Waals surface area contributed by atoms with Crippen LogP contribution in [-0.4, -0.2) is 27.4 Å². The molecular weight excluding hydrogens is 270 g/mol. The monoisotopic (exact) mass is 291 g/mol. The van der Waals surface area contributed by atoms with Crippen molar-refractivity contribution >= 4 is 11.3 Å². The highest BCUT2D eigenvalue weighted by Gasteiger charge is 2.10. The van der Waals surface area contributed by atoms with E-state index < -0.39 is 0 Å². The maximum atomic E-state index is 9.45. The summed E-state index contributed by atoms with van der Waals surface area (Å²) in [6.07, 6.45) is 1.62. The summed E-state index contributed by atoms with van der Waals surface area (Å²) in [5.74, 6) is 0.293. The second kappa shape index (κ2) is 6.33. The van der Waals surface area contributed by atoms with E-state index in [-0.39, 0.29) is 5.54 Å². The molecule has 20 heavy (non-hydrogen) atoms. The Morgan fingerprint density at radius 1 is 1.20 bits per heavy atom. The molecule has 2 N–H and O–H groups in total. The summed E-state index contributed by atoms with van der Waals surface area (Å²) in [7, 11) is 0. The fourth-order valence-corrected chi connectivity index (χ4v) is 2.72. The number of hydrogen-bond donors (Lipinski definition) is 2. The molecule has 5 heteroatoms. The van der Waals surface area contributed by atoms with Crippen LogP contribution in [0.25, 0.3) is 0 Å².